The van der Waals surface area contributed by atoms with Crippen molar-refractivity contribution in [2.75, 3.05) is 28.4 Å². The summed E-state index contributed by atoms with van der Waals surface area (Å²) < 4.78 is 30.2. The highest BCUT2D eigenvalue weighted by molar-refractivity contribution is 5.64. The average Bonchev–Trinajstić information content (AvgIpc) is 2.82. The van der Waals surface area contributed by atoms with Gasteiger partial charge >= 0.3 is 0 Å². The van der Waals surface area contributed by atoms with Crippen molar-refractivity contribution in [1.82, 2.24) is 0 Å². The fourth-order valence-corrected chi connectivity index (χ4v) is 5.36. The van der Waals surface area contributed by atoms with E-state index in [1.165, 1.54) is 0 Å². The lowest BCUT2D eigenvalue weighted by Gasteiger charge is -2.48. The van der Waals surface area contributed by atoms with E-state index in [0.29, 0.717) is 17.2 Å². The lowest BCUT2D eigenvalue weighted by atomic mass is 9.65. The van der Waals surface area contributed by atoms with Crippen LogP contribution in [-0.2, 0) is 10.2 Å². The monoisotopic (exact) mass is 448 g/mol. The highest BCUT2D eigenvalue weighted by atomic mass is 16.5. The molecular formula is C28H32O5. The minimum atomic E-state index is -0.649. The molecule has 4 rings (SSSR count). The second-order valence-corrected chi connectivity index (χ2v) is 8.67. The molecule has 33 heavy (non-hydrogen) atoms. The molecule has 5 heteroatoms. The lowest BCUT2D eigenvalue weighted by Crippen LogP contribution is -2.49. The Bertz CT molecular complexity index is 1120. The number of ether oxygens (including phenoxy) is 5. The summed E-state index contributed by atoms with van der Waals surface area (Å²) in [6.07, 6.45) is -0.684. The van der Waals surface area contributed by atoms with Crippen LogP contribution in [0.2, 0.25) is 0 Å². The highest BCUT2D eigenvalue weighted by Gasteiger charge is 2.53. The van der Waals surface area contributed by atoms with E-state index in [1.54, 1.807) is 28.4 Å². The molecule has 3 aromatic rings. The molecule has 0 aliphatic carbocycles. The van der Waals surface area contributed by atoms with E-state index in [1.807, 2.05) is 30.3 Å². The largest absolute Gasteiger partial charge is 0.496 e. The Morgan fingerprint density at radius 3 is 1.97 bits per heavy atom. The number of benzene rings is 3. The molecule has 1 heterocycles. The van der Waals surface area contributed by atoms with Gasteiger partial charge in [-0.3, -0.25) is 0 Å². The van der Waals surface area contributed by atoms with Crippen LogP contribution in [0.4, 0.5) is 0 Å². The minimum absolute atomic E-state index is 0.327. The van der Waals surface area contributed by atoms with Gasteiger partial charge in [-0.1, -0.05) is 36.4 Å². The minimum Gasteiger partial charge on any atom is -0.496 e. The fraction of sp³-hybridized carbons (Fsp3) is 0.357. The van der Waals surface area contributed by atoms with E-state index >= 15 is 0 Å². The van der Waals surface area contributed by atoms with Gasteiger partial charge in [0, 0.05) is 30.4 Å². The van der Waals surface area contributed by atoms with E-state index in [2.05, 4.69) is 45.0 Å². The first-order chi connectivity index (χ1) is 15.9. The Kier molecular flexibility index (Phi) is 6.26. The Balaban J connectivity index is 2.09. The molecule has 1 aliphatic heterocycles. The summed E-state index contributed by atoms with van der Waals surface area (Å²) in [5.74, 6) is 2.86. The summed E-state index contributed by atoms with van der Waals surface area (Å²) in [6, 6.07) is 18.3. The maximum atomic E-state index is 6.66. The Morgan fingerprint density at radius 1 is 0.788 bits per heavy atom. The van der Waals surface area contributed by atoms with Crippen LogP contribution < -0.4 is 18.9 Å². The Morgan fingerprint density at radius 2 is 1.42 bits per heavy atom. The zero-order chi connectivity index (χ0) is 23.8. The van der Waals surface area contributed by atoms with Crippen LogP contribution in [0.25, 0.3) is 0 Å². The van der Waals surface area contributed by atoms with E-state index < -0.39 is 5.41 Å². The van der Waals surface area contributed by atoms with Gasteiger partial charge in [0.15, 0.2) is 6.10 Å². The molecule has 0 N–H and O–H groups in total. The van der Waals surface area contributed by atoms with Crippen LogP contribution in [0, 0.1) is 13.8 Å². The van der Waals surface area contributed by atoms with Gasteiger partial charge in [-0.25, -0.2) is 0 Å². The third kappa shape index (κ3) is 3.70. The fourth-order valence-electron chi connectivity index (χ4n) is 5.36. The first kappa shape index (κ1) is 23.0. The molecule has 0 radical (unpaired) electrons. The van der Waals surface area contributed by atoms with Crippen LogP contribution in [0.5, 0.6) is 23.0 Å². The molecule has 0 saturated heterocycles. The number of methoxy groups -OCH3 is 4. The Hall–Kier alpha value is -3.18. The van der Waals surface area contributed by atoms with Crippen LogP contribution in [0.3, 0.4) is 0 Å². The molecule has 0 aromatic heterocycles. The standard InChI is InChI=1S/C28H32O5/c1-17-13-18(2)24-23(14-17)33-26(19-11-9-8-10-12-19)27(32-7)28(24,3)25-21(30-5)15-20(29-4)16-22(25)31-6/h8-16,26-27H,1-7H3/t26-,27-,28-/m1/s1. The smallest absolute Gasteiger partial charge is 0.151 e. The van der Waals surface area contributed by atoms with Crippen molar-refractivity contribution in [1.29, 1.82) is 0 Å². The number of fused-ring (bicyclic) bond motifs is 1. The predicted molar refractivity (Wildman–Crippen MR) is 129 cm³/mol. The summed E-state index contributed by atoms with van der Waals surface area (Å²) in [4.78, 5) is 0. The van der Waals surface area contributed by atoms with Gasteiger partial charge < -0.3 is 23.7 Å². The Labute approximate surface area is 196 Å². The van der Waals surface area contributed by atoms with E-state index in [-0.39, 0.29) is 12.2 Å². The van der Waals surface area contributed by atoms with Crippen LogP contribution >= 0.6 is 0 Å². The molecule has 0 unspecified atom stereocenters. The molecule has 1 aliphatic rings. The maximum Gasteiger partial charge on any atom is 0.151 e. The van der Waals surface area contributed by atoms with Crippen molar-refractivity contribution >= 4 is 0 Å². The molecule has 174 valence electrons. The summed E-state index contributed by atoms with van der Waals surface area (Å²) in [7, 11) is 6.70. The lowest BCUT2D eigenvalue weighted by molar-refractivity contribution is -0.0511. The number of aryl methyl sites for hydroxylation is 2. The number of hydrogen-bond acceptors (Lipinski definition) is 5. The molecular weight excluding hydrogens is 416 g/mol. The quantitative estimate of drug-likeness (QED) is 0.478. The molecule has 3 atom stereocenters. The van der Waals surface area contributed by atoms with Crippen molar-refractivity contribution in [2.24, 2.45) is 0 Å². The van der Waals surface area contributed by atoms with Gasteiger partial charge in [-0.2, -0.15) is 0 Å². The van der Waals surface area contributed by atoms with Gasteiger partial charge in [0.05, 0.1) is 26.7 Å². The molecule has 0 saturated carbocycles. The van der Waals surface area contributed by atoms with Crippen molar-refractivity contribution in [3.63, 3.8) is 0 Å². The second kappa shape index (κ2) is 8.99. The SMILES string of the molecule is COc1cc(OC)c([C@@]2(C)c3c(C)cc(C)cc3O[C@H](c3ccccc3)[C@H]2OC)c(OC)c1. The highest BCUT2D eigenvalue weighted by Crippen LogP contribution is 2.56. The second-order valence-electron chi connectivity index (χ2n) is 8.67. The topological polar surface area (TPSA) is 46.2 Å². The maximum absolute atomic E-state index is 6.66. The molecule has 5 nitrogen and oxygen atoms in total. The van der Waals surface area contributed by atoms with Crippen molar-refractivity contribution in [2.45, 2.75) is 38.4 Å². The summed E-state index contributed by atoms with van der Waals surface area (Å²) in [5, 5.41) is 0. The van der Waals surface area contributed by atoms with Gasteiger partial charge in [0.1, 0.15) is 29.1 Å². The van der Waals surface area contributed by atoms with Crippen molar-refractivity contribution < 1.29 is 23.7 Å². The molecule has 0 amide bonds. The van der Waals surface area contributed by atoms with E-state index in [4.69, 9.17) is 23.7 Å². The van der Waals surface area contributed by atoms with Gasteiger partial charge in [-0.05, 0) is 43.5 Å². The van der Waals surface area contributed by atoms with Gasteiger partial charge in [-0.15, -0.1) is 0 Å². The van der Waals surface area contributed by atoms with Crippen LogP contribution in [-0.4, -0.2) is 34.5 Å². The van der Waals surface area contributed by atoms with E-state index in [0.717, 1.165) is 33.6 Å². The molecule has 0 spiro atoms. The summed E-state index contributed by atoms with van der Waals surface area (Å²) >= 11 is 0. The first-order valence-corrected chi connectivity index (χ1v) is 11.1. The third-order valence-corrected chi connectivity index (χ3v) is 6.68. The zero-order valence-corrected chi connectivity index (χ0v) is 20.4. The van der Waals surface area contributed by atoms with Gasteiger partial charge in [0.25, 0.3) is 0 Å². The normalized spacial score (nSPS) is 21.7. The molecule has 3 aromatic carbocycles. The molecule has 0 fully saturated rings. The third-order valence-electron chi connectivity index (χ3n) is 6.68. The first-order valence-electron chi connectivity index (χ1n) is 11.1. The van der Waals surface area contributed by atoms with Gasteiger partial charge in [0.2, 0.25) is 0 Å². The average molecular weight is 449 g/mol. The number of hydrogen-bond donors (Lipinski definition) is 0. The van der Waals surface area contributed by atoms with Crippen LogP contribution in [0.1, 0.15) is 40.8 Å². The zero-order valence-electron chi connectivity index (χ0n) is 20.4. The summed E-state index contributed by atoms with van der Waals surface area (Å²) in [6.45, 7) is 6.39. The van der Waals surface area contributed by atoms with E-state index in [9.17, 15) is 0 Å². The summed E-state index contributed by atoms with van der Waals surface area (Å²) in [5.41, 5.74) is 4.63. The molecule has 0 bridgehead atoms. The van der Waals surface area contributed by atoms with Crippen molar-refractivity contribution in [3.8, 4) is 23.0 Å². The van der Waals surface area contributed by atoms with Crippen LogP contribution in [0.15, 0.2) is 54.6 Å². The predicted octanol–water partition coefficient (Wildman–Crippen LogP) is 5.78. The number of rotatable bonds is 6. The van der Waals surface area contributed by atoms with Crippen molar-refractivity contribution in [3.05, 3.63) is 82.4 Å².